The van der Waals surface area contributed by atoms with Crippen LogP contribution in [0, 0.1) is 5.92 Å². The number of nitrogens with zero attached hydrogens (tertiary/aromatic N) is 3. The van der Waals surface area contributed by atoms with Crippen molar-refractivity contribution >= 4 is 100 Å². The summed E-state index contributed by atoms with van der Waals surface area (Å²) in [6.07, 6.45) is -3.20. The maximum atomic E-state index is 14.8. The molecule has 120 heavy (non-hydrogen) atoms. The lowest BCUT2D eigenvalue weighted by Gasteiger charge is -2.38. The fourth-order valence-corrected chi connectivity index (χ4v) is 14.1. The zero-order valence-corrected chi connectivity index (χ0v) is 72.8. The fourth-order valence-electron chi connectivity index (χ4n) is 14.1. The Kier molecular flexibility index (Phi) is 34.6. The van der Waals surface area contributed by atoms with Crippen LogP contribution in [0.15, 0.2) is 60.7 Å². The number of nitrogens with two attached hydrogens (primary N) is 1. The molecule has 0 aromatic heterocycles. The van der Waals surface area contributed by atoms with E-state index >= 15 is 0 Å². The second kappa shape index (κ2) is 41.5. The predicted molar refractivity (Wildman–Crippen MR) is 440 cm³/mol. The number of carbonyl (C=O) groups is 17. The Hall–Kier alpha value is -10.7. The second-order valence-corrected chi connectivity index (χ2v) is 35.4. The fraction of sp³-hybridized carbons (Fsp3) is 0.651. The summed E-state index contributed by atoms with van der Waals surface area (Å²) in [6.45, 7) is 25.5. The molecule has 0 bridgehead atoms. The van der Waals surface area contributed by atoms with Crippen LogP contribution in [-0.2, 0) is 94.3 Å². The Morgan fingerprint density at radius 3 is 1.39 bits per heavy atom. The minimum absolute atomic E-state index is 0.0120. The highest BCUT2D eigenvalue weighted by Gasteiger charge is 2.52. The molecule has 2 aromatic carbocycles. The number of nitrogens with one attached hydrogen (secondary N) is 13. The van der Waals surface area contributed by atoms with Crippen molar-refractivity contribution in [2.24, 2.45) is 11.7 Å². The molecular formula is C83H129N17O20. The highest BCUT2D eigenvalue weighted by atomic mass is 16.3. The molecule has 18 N–H and O–H groups in total. The van der Waals surface area contributed by atoms with Crippen LogP contribution in [-0.4, -0.2) is 262 Å². The number of aliphatic hydroxyl groups is 3. The van der Waals surface area contributed by atoms with Crippen molar-refractivity contribution in [1.29, 1.82) is 0 Å². The minimum Gasteiger partial charge on any atom is -0.394 e. The molecule has 37 nitrogen and oxygen atoms in total. The van der Waals surface area contributed by atoms with Crippen molar-refractivity contribution < 1.29 is 96.8 Å². The van der Waals surface area contributed by atoms with Crippen LogP contribution in [0.1, 0.15) is 207 Å². The van der Waals surface area contributed by atoms with Crippen LogP contribution in [0.4, 0.5) is 0 Å². The van der Waals surface area contributed by atoms with Gasteiger partial charge in [0.1, 0.15) is 80.6 Å². The normalized spacial score (nSPS) is 19.5. The number of hydrogen-bond donors (Lipinski definition) is 17. The third-order valence-electron chi connectivity index (χ3n) is 22.2. The smallest absolute Gasteiger partial charge is 0.248 e. The van der Waals surface area contributed by atoms with E-state index < -0.39 is 225 Å². The first kappa shape index (κ1) is 99.9. The molecule has 3 heterocycles. The molecule has 0 spiro atoms. The van der Waals surface area contributed by atoms with Gasteiger partial charge < -0.3 is 105 Å². The molecule has 5 rings (SSSR count). The number of hydrogen-bond acceptors (Lipinski definition) is 20. The lowest BCUT2D eigenvalue weighted by molar-refractivity contribution is -0.149. The number of amides is 17. The molecular weight excluding hydrogens is 1560 g/mol. The van der Waals surface area contributed by atoms with Crippen molar-refractivity contribution in [2.75, 3.05) is 32.8 Å². The minimum atomic E-state index is -1.91. The molecule has 0 saturated carbocycles. The van der Waals surface area contributed by atoms with Crippen LogP contribution in [0.3, 0.4) is 0 Å². The summed E-state index contributed by atoms with van der Waals surface area (Å²) in [6, 6.07) is 9.58. The average molecular weight is 1690 g/mol. The van der Waals surface area contributed by atoms with E-state index in [0.29, 0.717) is 19.3 Å². The summed E-state index contributed by atoms with van der Waals surface area (Å²) in [5, 5.41) is 66.5. The van der Waals surface area contributed by atoms with E-state index in [1.54, 1.807) is 65.0 Å². The summed E-state index contributed by atoms with van der Waals surface area (Å²) in [5.74, 6) is -13.9. The molecule has 12 atom stereocenters. The van der Waals surface area contributed by atoms with Gasteiger partial charge in [-0.1, -0.05) is 95.3 Å². The van der Waals surface area contributed by atoms with E-state index in [4.69, 9.17) is 5.73 Å². The maximum absolute atomic E-state index is 14.8. The number of likely N-dealkylation sites (tertiary alicyclic amines) is 3. The van der Waals surface area contributed by atoms with Gasteiger partial charge in [-0.05, 0) is 158 Å². The molecule has 3 aliphatic heterocycles. The Labute approximate surface area is 701 Å². The summed E-state index contributed by atoms with van der Waals surface area (Å²) >= 11 is 0. The quantitative estimate of drug-likeness (QED) is 0.0346. The standard InChI is InChI=1S/C83H129N17O20/c1-20-81(17,97-70(115)78(11,12)95-69(114)77(9,10)94-68(113)76(7,8)90-63(108)56(86-48(6)102)40-50-32-27-24-28-33-50)71(116)85-43-61(106)88-55(38-47(4)5)64(109)92-82(18,21-2)72(117)96-80(15,16)74(119)99-44-52(103)41-58(99)66(111)89-54(35-36-60(84)105)62(107)93-83(19,22-3)75(120)100-45-53(104)42-59(100)67(112)91-79(13,14)73(118)98-37-29-34-57(98)65(110)87-51(46-101)39-49-30-25-23-26-31-49/h23-28,30-33,47,51-59,101,103-104H,20-22,29,34-46H2,1-19H3,(H2,84,105)(H,85,116)(H,86,102)(H,87,110)(H,88,106)(H,89,111)(H,90,108)(H,91,112)(H,92,109)(H,93,107)(H,94,113)(H,95,114)(H,96,117)(H,97,115)/t51?,52-,53-,54+,55+,56+,57+,58+,59+,81+,82+,83-/m1/s1. The Morgan fingerprint density at radius 2 is 0.892 bits per heavy atom. The summed E-state index contributed by atoms with van der Waals surface area (Å²) in [7, 11) is 0. The van der Waals surface area contributed by atoms with Gasteiger partial charge in [0.2, 0.25) is 100 Å². The van der Waals surface area contributed by atoms with Gasteiger partial charge in [0.25, 0.3) is 0 Å². The molecule has 0 aliphatic carbocycles. The first-order chi connectivity index (χ1) is 55.5. The molecule has 2 aromatic rings. The molecule has 3 aliphatic rings. The molecule has 666 valence electrons. The maximum Gasteiger partial charge on any atom is 0.248 e. The Balaban J connectivity index is 1.20. The summed E-state index contributed by atoms with van der Waals surface area (Å²) in [5.41, 5.74) is -6.95. The van der Waals surface area contributed by atoms with Gasteiger partial charge in [-0.25, -0.2) is 0 Å². The topological polar surface area (TPSA) is 543 Å². The van der Waals surface area contributed by atoms with Crippen LogP contribution in [0.25, 0.3) is 0 Å². The number of primary amides is 1. The van der Waals surface area contributed by atoms with E-state index in [1.807, 2.05) is 30.3 Å². The predicted octanol–water partition coefficient (Wildman–Crippen LogP) is -1.91. The zero-order valence-electron chi connectivity index (χ0n) is 72.8. The van der Waals surface area contributed by atoms with Gasteiger partial charge in [-0.3, -0.25) is 81.5 Å². The third-order valence-corrected chi connectivity index (χ3v) is 22.2. The molecule has 3 saturated heterocycles. The van der Waals surface area contributed by atoms with Crippen molar-refractivity contribution in [3.63, 3.8) is 0 Å². The molecule has 3 fully saturated rings. The third kappa shape index (κ3) is 26.9. The van der Waals surface area contributed by atoms with Gasteiger partial charge in [0.15, 0.2) is 0 Å². The number of β-amino-alcohol motifs (C(OH)–C–C–N with tert-alkyl or cyclic N) is 2. The van der Waals surface area contributed by atoms with E-state index in [0.717, 1.165) is 20.9 Å². The highest BCUT2D eigenvalue weighted by molar-refractivity contribution is 6.04. The van der Waals surface area contributed by atoms with Crippen molar-refractivity contribution in [3.05, 3.63) is 71.8 Å². The van der Waals surface area contributed by atoms with E-state index in [1.165, 1.54) is 102 Å². The van der Waals surface area contributed by atoms with E-state index in [-0.39, 0.29) is 70.6 Å². The van der Waals surface area contributed by atoms with Gasteiger partial charge >= 0.3 is 0 Å². The van der Waals surface area contributed by atoms with Crippen molar-refractivity contribution in [3.8, 4) is 0 Å². The van der Waals surface area contributed by atoms with Gasteiger partial charge in [0, 0.05) is 52.2 Å². The van der Waals surface area contributed by atoms with E-state index in [9.17, 15) is 96.8 Å². The number of aliphatic hydroxyl groups excluding tert-OH is 3. The summed E-state index contributed by atoms with van der Waals surface area (Å²) in [4.78, 5) is 240. The average Bonchev–Trinajstić information content (AvgIpc) is 1.67. The number of carbonyl (C=O) groups excluding carboxylic acids is 17. The monoisotopic (exact) mass is 1680 g/mol. The lowest BCUT2D eigenvalue weighted by Crippen LogP contribution is -2.68. The first-order valence-corrected chi connectivity index (χ1v) is 40.9. The van der Waals surface area contributed by atoms with Crippen LogP contribution in [0.5, 0.6) is 0 Å². The Morgan fingerprint density at radius 1 is 0.458 bits per heavy atom. The van der Waals surface area contributed by atoms with Crippen molar-refractivity contribution in [1.82, 2.24) is 83.8 Å². The molecule has 1 unspecified atom stereocenters. The van der Waals surface area contributed by atoms with Crippen molar-refractivity contribution in [2.45, 2.75) is 307 Å². The van der Waals surface area contributed by atoms with Crippen LogP contribution in [0.2, 0.25) is 0 Å². The zero-order chi connectivity index (χ0) is 90.8. The highest BCUT2D eigenvalue weighted by Crippen LogP contribution is 2.30. The molecule has 0 radical (unpaired) electrons. The van der Waals surface area contributed by atoms with Crippen LogP contribution < -0.4 is 74.9 Å². The number of benzene rings is 2. The molecule has 17 amide bonds. The molecule has 37 heteroatoms. The van der Waals surface area contributed by atoms with Gasteiger partial charge in [-0.15, -0.1) is 0 Å². The lowest BCUT2D eigenvalue weighted by atomic mass is 9.93. The number of rotatable bonds is 41. The first-order valence-electron chi connectivity index (χ1n) is 40.9. The van der Waals surface area contributed by atoms with Crippen LogP contribution >= 0.6 is 0 Å². The Bertz CT molecular complexity index is 4100. The van der Waals surface area contributed by atoms with E-state index in [2.05, 4.69) is 69.1 Å². The summed E-state index contributed by atoms with van der Waals surface area (Å²) < 4.78 is 0. The SMILES string of the molecule is CC[C@@](C)(NC(=O)[C@H](CCC(N)=O)NC(=O)[C@@H]1C[C@@H](O)CN1C(=O)C(C)(C)NC(=O)[C@](C)(CC)NC(=O)[C@H](CC(C)C)NC(=O)CNC(=O)[C@](C)(CC)NC(=O)C(C)(C)NC(=O)C(C)(C)NC(=O)C(C)(C)NC(=O)[C@H](Cc1ccccc1)NC(C)=O)C(=O)N1C[C@H](O)C[C@H]1C(=O)NC(C)(C)C(=O)N1CCC[C@H]1C(=O)NC(CO)Cc1ccccc1. The van der Waals surface area contributed by atoms with Gasteiger partial charge in [0.05, 0.1) is 31.4 Å². The van der Waals surface area contributed by atoms with Gasteiger partial charge in [-0.2, -0.15) is 0 Å². The second-order valence-electron chi connectivity index (χ2n) is 35.4. The largest absolute Gasteiger partial charge is 0.394 e.